The van der Waals surface area contributed by atoms with Gasteiger partial charge < -0.3 is 14.6 Å². The zero-order valence-corrected chi connectivity index (χ0v) is 29.3. The molecule has 0 saturated heterocycles. The first-order valence-corrected chi connectivity index (χ1v) is 18.7. The summed E-state index contributed by atoms with van der Waals surface area (Å²) in [7, 11) is 1.81. The second-order valence-corrected chi connectivity index (χ2v) is 14.3. The van der Waals surface area contributed by atoms with Crippen molar-refractivity contribution in [3.63, 3.8) is 0 Å². The van der Waals surface area contributed by atoms with E-state index in [-0.39, 0.29) is 0 Å². The van der Waals surface area contributed by atoms with E-state index in [0.717, 1.165) is 54.8 Å². The van der Waals surface area contributed by atoms with Crippen LogP contribution >= 0.6 is 0 Å². The maximum absolute atomic E-state index is 9.44. The molecule has 0 aromatic heterocycles. The van der Waals surface area contributed by atoms with E-state index >= 15 is 0 Å². The predicted molar refractivity (Wildman–Crippen MR) is 189 cm³/mol. The SMILES string of the molecule is C=CC.CC=O.CCCCCC1CCC(c2ccc(CCC3CCC(C4CCC(C(CCO)COC)CC4)CC3)cc2)CC1. The Kier molecular flexibility index (Phi) is 21.0. The van der Waals surface area contributed by atoms with E-state index in [2.05, 4.69) is 37.8 Å². The van der Waals surface area contributed by atoms with E-state index in [1.165, 1.54) is 122 Å². The Labute approximate surface area is 273 Å². The molecule has 3 aliphatic rings. The number of rotatable bonds is 14. The summed E-state index contributed by atoms with van der Waals surface area (Å²) in [4.78, 5) is 8.81. The second-order valence-electron chi connectivity index (χ2n) is 14.3. The molecule has 0 heterocycles. The summed E-state index contributed by atoms with van der Waals surface area (Å²) in [5.74, 6) is 6.04. The number of benzene rings is 1. The van der Waals surface area contributed by atoms with Crippen LogP contribution in [0, 0.1) is 35.5 Å². The van der Waals surface area contributed by atoms with Crippen molar-refractivity contribution >= 4 is 6.29 Å². The highest BCUT2D eigenvalue weighted by Crippen LogP contribution is 2.44. The Balaban J connectivity index is 0.00000104. The number of aryl methyl sites for hydroxylation is 1. The van der Waals surface area contributed by atoms with Crippen molar-refractivity contribution in [3.05, 3.63) is 48.0 Å². The maximum atomic E-state index is 9.44. The summed E-state index contributed by atoms with van der Waals surface area (Å²) in [6, 6.07) is 9.87. The average molecular weight is 611 g/mol. The minimum Gasteiger partial charge on any atom is -0.396 e. The normalized spacial score (nSPS) is 27.6. The van der Waals surface area contributed by atoms with Crippen LogP contribution in [0.4, 0.5) is 0 Å². The molecule has 1 atom stereocenters. The summed E-state index contributed by atoms with van der Waals surface area (Å²) in [5, 5.41) is 9.44. The summed E-state index contributed by atoms with van der Waals surface area (Å²) >= 11 is 0. The Hall–Kier alpha value is -1.45. The van der Waals surface area contributed by atoms with Gasteiger partial charge in [-0.2, -0.15) is 0 Å². The highest BCUT2D eigenvalue weighted by molar-refractivity contribution is 5.44. The lowest BCUT2D eigenvalue weighted by atomic mass is 9.67. The molecule has 1 unspecified atom stereocenters. The molecule has 3 saturated carbocycles. The van der Waals surface area contributed by atoms with Gasteiger partial charge in [-0.25, -0.2) is 0 Å². The third-order valence-corrected chi connectivity index (χ3v) is 11.3. The third-order valence-electron chi connectivity index (χ3n) is 11.3. The van der Waals surface area contributed by atoms with E-state index in [1.807, 2.05) is 14.0 Å². The number of hydrogen-bond donors (Lipinski definition) is 1. The molecule has 3 nitrogen and oxygen atoms in total. The number of unbranched alkanes of at least 4 members (excludes halogenated alkanes) is 2. The van der Waals surface area contributed by atoms with Crippen LogP contribution < -0.4 is 0 Å². The van der Waals surface area contributed by atoms with Gasteiger partial charge in [0.15, 0.2) is 0 Å². The van der Waals surface area contributed by atoms with Gasteiger partial charge in [0.1, 0.15) is 6.29 Å². The van der Waals surface area contributed by atoms with Gasteiger partial charge in [0.2, 0.25) is 0 Å². The van der Waals surface area contributed by atoms with E-state index in [4.69, 9.17) is 9.53 Å². The first kappa shape index (κ1) is 38.7. The molecule has 0 aliphatic heterocycles. The summed E-state index contributed by atoms with van der Waals surface area (Å²) in [6.07, 6.45) is 28.9. The number of methoxy groups -OCH3 is 1. The first-order valence-electron chi connectivity index (χ1n) is 18.7. The molecule has 3 fully saturated rings. The molecule has 0 radical (unpaired) electrons. The van der Waals surface area contributed by atoms with Crippen molar-refractivity contribution in [1.82, 2.24) is 0 Å². The number of aliphatic hydroxyl groups excluding tert-OH is 1. The van der Waals surface area contributed by atoms with Crippen molar-refractivity contribution < 1.29 is 14.6 Å². The standard InChI is InChI=1S/C36H60O2.C3H6.C2H4O/c1-3-4-5-6-28-9-15-31(16-10-28)32-17-11-29(12-18-32)7-8-30-13-19-33(20-14-30)34-21-23-35(24-22-34)36(25-26-37)27-38-2;1-3-2;1-2-3/h11-12,17-18,28,30-31,33-37H,3-10,13-16,19-27H2,1-2H3;3H,1H2,2H3;2H,1H3. The Morgan fingerprint density at radius 3 is 1.89 bits per heavy atom. The number of allylic oxidation sites excluding steroid dienone is 1. The molecular formula is C41H70O3. The lowest BCUT2D eigenvalue weighted by Gasteiger charge is -2.39. The van der Waals surface area contributed by atoms with Crippen LogP contribution in [-0.2, 0) is 16.0 Å². The highest BCUT2D eigenvalue weighted by Gasteiger charge is 2.33. The molecule has 3 heteroatoms. The molecule has 1 N–H and O–H groups in total. The lowest BCUT2D eigenvalue weighted by molar-refractivity contribution is -0.106. The van der Waals surface area contributed by atoms with Gasteiger partial charge in [0, 0.05) is 20.3 Å². The Morgan fingerprint density at radius 1 is 0.841 bits per heavy atom. The molecule has 1 aromatic carbocycles. The van der Waals surface area contributed by atoms with Crippen LogP contribution in [0.3, 0.4) is 0 Å². The van der Waals surface area contributed by atoms with Gasteiger partial charge in [0.05, 0.1) is 0 Å². The van der Waals surface area contributed by atoms with Gasteiger partial charge in [-0.15, -0.1) is 6.58 Å². The molecule has 252 valence electrons. The number of carbonyl (C=O) groups excluding carboxylic acids is 1. The second kappa shape index (κ2) is 23.8. The van der Waals surface area contributed by atoms with E-state index < -0.39 is 0 Å². The van der Waals surface area contributed by atoms with Crippen LogP contribution in [-0.4, -0.2) is 31.7 Å². The van der Waals surface area contributed by atoms with Gasteiger partial charge in [-0.05, 0) is 150 Å². The molecule has 3 aliphatic carbocycles. The number of aliphatic hydroxyl groups is 1. The molecule has 1 aromatic rings. The quantitative estimate of drug-likeness (QED) is 0.129. The number of hydrogen-bond acceptors (Lipinski definition) is 3. The average Bonchev–Trinajstić information content (AvgIpc) is 3.06. The van der Waals surface area contributed by atoms with Crippen molar-refractivity contribution in [3.8, 4) is 0 Å². The van der Waals surface area contributed by atoms with E-state index in [1.54, 1.807) is 17.2 Å². The van der Waals surface area contributed by atoms with Crippen molar-refractivity contribution in [2.75, 3.05) is 20.3 Å². The van der Waals surface area contributed by atoms with Crippen molar-refractivity contribution in [1.29, 1.82) is 0 Å². The van der Waals surface area contributed by atoms with Gasteiger partial charge in [0.25, 0.3) is 0 Å². The molecule has 0 bridgehead atoms. The summed E-state index contributed by atoms with van der Waals surface area (Å²) in [5.41, 5.74) is 3.18. The zero-order valence-electron chi connectivity index (χ0n) is 29.3. The number of carbonyl (C=O) groups is 1. The Bertz CT molecular complexity index is 812. The smallest absolute Gasteiger partial charge is 0.116 e. The van der Waals surface area contributed by atoms with Gasteiger partial charge in [-0.3, -0.25) is 0 Å². The lowest BCUT2D eigenvalue weighted by Crippen LogP contribution is -2.30. The van der Waals surface area contributed by atoms with Crippen LogP contribution in [0.2, 0.25) is 0 Å². The zero-order chi connectivity index (χ0) is 32.0. The fourth-order valence-corrected chi connectivity index (χ4v) is 8.67. The molecule has 44 heavy (non-hydrogen) atoms. The molecule has 4 rings (SSSR count). The van der Waals surface area contributed by atoms with Crippen molar-refractivity contribution in [2.24, 2.45) is 35.5 Å². The van der Waals surface area contributed by atoms with Gasteiger partial charge >= 0.3 is 0 Å². The topological polar surface area (TPSA) is 46.5 Å². The van der Waals surface area contributed by atoms with Crippen LogP contribution in [0.25, 0.3) is 0 Å². The molecular weight excluding hydrogens is 540 g/mol. The fraction of sp³-hybridized carbons (Fsp3) is 0.780. The van der Waals surface area contributed by atoms with Crippen molar-refractivity contribution in [2.45, 2.75) is 149 Å². The summed E-state index contributed by atoms with van der Waals surface area (Å²) < 4.78 is 5.46. The van der Waals surface area contributed by atoms with Crippen LogP contribution in [0.15, 0.2) is 36.9 Å². The predicted octanol–water partition coefficient (Wildman–Crippen LogP) is 11.1. The third kappa shape index (κ3) is 14.3. The number of aldehydes is 1. The maximum Gasteiger partial charge on any atom is 0.116 e. The monoisotopic (exact) mass is 611 g/mol. The largest absolute Gasteiger partial charge is 0.396 e. The van der Waals surface area contributed by atoms with Crippen LogP contribution in [0.1, 0.15) is 153 Å². The Morgan fingerprint density at radius 2 is 1.36 bits per heavy atom. The van der Waals surface area contributed by atoms with Gasteiger partial charge in [-0.1, -0.05) is 75.8 Å². The van der Waals surface area contributed by atoms with Crippen LogP contribution in [0.5, 0.6) is 0 Å². The van der Waals surface area contributed by atoms with E-state index in [0.29, 0.717) is 12.5 Å². The first-order chi connectivity index (χ1) is 21.5. The number of ether oxygens (including phenoxy) is 1. The minimum atomic E-state index is 0.308. The fourth-order valence-electron chi connectivity index (χ4n) is 8.67. The molecule has 0 spiro atoms. The minimum absolute atomic E-state index is 0.308. The van der Waals surface area contributed by atoms with E-state index in [9.17, 15) is 5.11 Å². The molecule has 0 amide bonds. The summed E-state index contributed by atoms with van der Waals surface area (Å²) in [6.45, 7) is 10.1. The highest BCUT2D eigenvalue weighted by atomic mass is 16.5.